The number of hydrogen-bond acceptors (Lipinski definition) is 6. The second-order valence-electron chi connectivity index (χ2n) is 5.86. The van der Waals surface area contributed by atoms with Gasteiger partial charge in [-0.15, -0.1) is 10.2 Å². The number of aryl methyl sites for hydroxylation is 1. The fraction of sp³-hybridized carbons (Fsp3) is 0.412. The van der Waals surface area contributed by atoms with E-state index in [0.29, 0.717) is 37.3 Å². The fourth-order valence-electron chi connectivity index (χ4n) is 2.68. The van der Waals surface area contributed by atoms with Crippen LogP contribution in [0.1, 0.15) is 12.5 Å². The number of carbonyl (C=O) groups excluding carboxylic acids is 2. The second kappa shape index (κ2) is 7.69. The molecule has 0 unspecified atom stereocenters. The van der Waals surface area contributed by atoms with Crippen molar-refractivity contribution >= 4 is 23.6 Å². The van der Waals surface area contributed by atoms with Gasteiger partial charge in [-0.3, -0.25) is 9.59 Å². The molecule has 0 radical (unpaired) electrons. The summed E-state index contributed by atoms with van der Waals surface area (Å²) in [4.78, 5) is 27.1. The number of aromatic nitrogens is 2. The van der Waals surface area contributed by atoms with E-state index in [0.717, 1.165) is 11.1 Å². The van der Waals surface area contributed by atoms with Crippen molar-refractivity contribution in [2.75, 3.05) is 31.9 Å². The van der Waals surface area contributed by atoms with E-state index < -0.39 is 0 Å². The van der Waals surface area contributed by atoms with E-state index in [-0.39, 0.29) is 17.6 Å². The highest BCUT2D eigenvalue weighted by molar-refractivity contribution is 7.99. The number of piperazine rings is 1. The van der Waals surface area contributed by atoms with Crippen LogP contribution in [0.15, 0.2) is 33.9 Å². The molecule has 2 heterocycles. The number of carbonyl (C=O) groups is 2. The monoisotopic (exact) mass is 360 g/mol. The Hall–Kier alpha value is -2.35. The summed E-state index contributed by atoms with van der Waals surface area (Å²) in [7, 11) is 0. The molecule has 1 aliphatic heterocycles. The fourth-order valence-corrected chi connectivity index (χ4v) is 3.34. The predicted molar refractivity (Wildman–Crippen MR) is 94.0 cm³/mol. The number of rotatable bonds is 4. The van der Waals surface area contributed by atoms with E-state index >= 15 is 0 Å². The summed E-state index contributed by atoms with van der Waals surface area (Å²) in [5, 5.41) is 8.45. The smallest absolute Gasteiger partial charge is 0.277 e. The average molecular weight is 360 g/mol. The van der Waals surface area contributed by atoms with Crippen molar-refractivity contribution < 1.29 is 14.0 Å². The molecule has 0 N–H and O–H groups in total. The molecule has 0 atom stereocenters. The van der Waals surface area contributed by atoms with Crippen molar-refractivity contribution in [1.29, 1.82) is 0 Å². The van der Waals surface area contributed by atoms with Gasteiger partial charge in [-0.05, 0) is 18.6 Å². The molecule has 7 nitrogen and oxygen atoms in total. The minimum absolute atomic E-state index is 0.0174. The maximum Gasteiger partial charge on any atom is 0.277 e. The van der Waals surface area contributed by atoms with Crippen LogP contribution in [0.25, 0.3) is 11.5 Å². The summed E-state index contributed by atoms with van der Waals surface area (Å²) < 4.78 is 5.65. The number of thioether (sulfide) groups is 1. The molecule has 1 aromatic carbocycles. The Labute approximate surface area is 150 Å². The van der Waals surface area contributed by atoms with Crippen LogP contribution in [0.4, 0.5) is 0 Å². The van der Waals surface area contributed by atoms with Crippen molar-refractivity contribution in [3.63, 3.8) is 0 Å². The van der Waals surface area contributed by atoms with Crippen LogP contribution < -0.4 is 0 Å². The van der Waals surface area contributed by atoms with E-state index in [1.165, 1.54) is 11.8 Å². The van der Waals surface area contributed by atoms with Gasteiger partial charge in [0.2, 0.25) is 17.7 Å². The molecule has 0 aliphatic carbocycles. The van der Waals surface area contributed by atoms with Crippen LogP contribution in [-0.4, -0.2) is 63.7 Å². The zero-order chi connectivity index (χ0) is 17.8. The number of benzene rings is 1. The summed E-state index contributed by atoms with van der Waals surface area (Å²) in [5.74, 6) is 0.776. The molecule has 0 spiro atoms. The number of nitrogens with zero attached hydrogens (tertiary/aromatic N) is 4. The van der Waals surface area contributed by atoms with Crippen molar-refractivity contribution in [3.05, 3.63) is 29.8 Å². The van der Waals surface area contributed by atoms with Crippen molar-refractivity contribution in [2.24, 2.45) is 0 Å². The van der Waals surface area contributed by atoms with Gasteiger partial charge in [0, 0.05) is 38.7 Å². The topological polar surface area (TPSA) is 79.5 Å². The van der Waals surface area contributed by atoms with Crippen LogP contribution >= 0.6 is 11.8 Å². The zero-order valence-corrected chi connectivity index (χ0v) is 15.1. The van der Waals surface area contributed by atoms with Crippen molar-refractivity contribution in [3.8, 4) is 11.5 Å². The lowest BCUT2D eigenvalue weighted by Gasteiger charge is -2.34. The van der Waals surface area contributed by atoms with E-state index in [9.17, 15) is 9.59 Å². The Balaban J connectivity index is 1.53. The van der Waals surface area contributed by atoms with Gasteiger partial charge in [-0.25, -0.2) is 0 Å². The summed E-state index contributed by atoms with van der Waals surface area (Å²) in [6.45, 7) is 5.84. The van der Waals surface area contributed by atoms with Gasteiger partial charge in [0.25, 0.3) is 5.22 Å². The summed E-state index contributed by atoms with van der Waals surface area (Å²) in [6, 6.07) is 7.78. The number of hydrogen-bond donors (Lipinski definition) is 0. The Morgan fingerprint density at radius 3 is 2.48 bits per heavy atom. The highest BCUT2D eigenvalue weighted by Gasteiger charge is 2.23. The van der Waals surface area contributed by atoms with Gasteiger partial charge in [-0.1, -0.05) is 30.0 Å². The van der Waals surface area contributed by atoms with E-state index in [1.54, 1.807) is 16.7 Å². The normalized spacial score (nSPS) is 14.6. The molecule has 1 aromatic heterocycles. The predicted octanol–water partition coefficient (Wildman–Crippen LogP) is 1.83. The Bertz CT molecular complexity index is 769. The third-order valence-electron chi connectivity index (χ3n) is 4.18. The lowest BCUT2D eigenvalue weighted by Crippen LogP contribution is -2.50. The molecule has 1 aliphatic rings. The van der Waals surface area contributed by atoms with E-state index in [1.807, 2.05) is 31.2 Å². The minimum Gasteiger partial charge on any atom is -0.411 e. The lowest BCUT2D eigenvalue weighted by molar-refractivity contribution is -0.136. The standard InChI is InChI=1S/C17H20N4O3S/c1-12-5-3-4-6-14(12)16-18-19-17(24-16)25-11-15(23)21-9-7-20(8-10-21)13(2)22/h3-6H,7-11H2,1-2H3. The van der Waals surface area contributed by atoms with Crippen molar-refractivity contribution in [1.82, 2.24) is 20.0 Å². The molecule has 132 valence electrons. The molecule has 8 heteroatoms. The van der Waals surface area contributed by atoms with Gasteiger partial charge < -0.3 is 14.2 Å². The molecule has 1 fully saturated rings. The van der Waals surface area contributed by atoms with E-state index in [2.05, 4.69) is 10.2 Å². The first kappa shape index (κ1) is 17.5. The summed E-state index contributed by atoms with van der Waals surface area (Å²) in [6.07, 6.45) is 0. The average Bonchev–Trinajstić information content (AvgIpc) is 3.09. The zero-order valence-electron chi connectivity index (χ0n) is 14.3. The third kappa shape index (κ3) is 4.19. The highest BCUT2D eigenvalue weighted by atomic mass is 32.2. The summed E-state index contributed by atoms with van der Waals surface area (Å²) in [5.41, 5.74) is 1.95. The first-order valence-corrected chi connectivity index (χ1v) is 9.09. The maximum absolute atomic E-state index is 12.3. The molecule has 3 rings (SSSR count). The van der Waals surface area contributed by atoms with Crippen molar-refractivity contribution in [2.45, 2.75) is 19.1 Å². The molecule has 25 heavy (non-hydrogen) atoms. The molecule has 0 bridgehead atoms. The first-order valence-electron chi connectivity index (χ1n) is 8.10. The van der Waals surface area contributed by atoms with Gasteiger partial charge in [0.15, 0.2) is 0 Å². The maximum atomic E-state index is 12.3. The molecular formula is C17H20N4O3S. The van der Waals surface area contributed by atoms with Gasteiger partial charge >= 0.3 is 0 Å². The quantitative estimate of drug-likeness (QED) is 0.774. The summed E-state index contributed by atoms with van der Waals surface area (Å²) >= 11 is 1.24. The van der Waals surface area contributed by atoms with Crippen LogP contribution in [0, 0.1) is 6.92 Å². The highest BCUT2D eigenvalue weighted by Crippen LogP contribution is 2.25. The Kier molecular flexibility index (Phi) is 5.37. The van der Waals surface area contributed by atoms with Crippen LogP contribution in [0.5, 0.6) is 0 Å². The van der Waals surface area contributed by atoms with Gasteiger partial charge in [0.1, 0.15) is 0 Å². The molecule has 2 aromatic rings. The lowest BCUT2D eigenvalue weighted by atomic mass is 10.1. The Morgan fingerprint density at radius 1 is 1.12 bits per heavy atom. The van der Waals surface area contributed by atoms with Crippen LogP contribution in [0.2, 0.25) is 0 Å². The molecule has 0 saturated carbocycles. The van der Waals surface area contributed by atoms with Crippen LogP contribution in [0.3, 0.4) is 0 Å². The van der Waals surface area contributed by atoms with E-state index in [4.69, 9.17) is 4.42 Å². The first-order chi connectivity index (χ1) is 12.0. The largest absolute Gasteiger partial charge is 0.411 e. The third-order valence-corrected chi connectivity index (χ3v) is 4.98. The molecule has 2 amide bonds. The van der Waals surface area contributed by atoms with Gasteiger partial charge in [0.05, 0.1) is 5.75 Å². The van der Waals surface area contributed by atoms with Crippen LogP contribution in [-0.2, 0) is 9.59 Å². The Morgan fingerprint density at radius 2 is 1.80 bits per heavy atom. The molecule has 1 saturated heterocycles. The second-order valence-corrected chi connectivity index (χ2v) is 6.79. The SMILES string of the molecule is CC(=O)N1CCN(C(=O)CSc2nnc(-c3ccccc3C)o2)CC1. The molecular weight excluding hydrogens is 340 g/mol. The van der Waals surface area contributed by atoms with Gasteiger partial charge in [-0.2, -0.15) is 0 Å². The minimum atomic E-state index is 0.0174. The number of amides is 2.